The summed E-state index contributed by atoms with van der Waals surface area (Å²) in [4.78, 5) is 15.3. The van der Waals surface area contributed by atoms with Gasteiger partial charge in [-0.3, -0.25) is 0 Å². The van der Waals surface area contributed by atoms with Crippen LogP contribution in [0.15, 0.2) is 206 Å². The predicted octanol–water partition coefficient (Wildman–Crippen LogP) is 13.6. The van der Waals surface area contributed by atoms with Gasteiger partial charge < -0.3 is 4.57 Å². The van der Waals surface area contributed by atoms with Gasteiger partial charge in [-0.05, 0) is 56.6 Å². The molecule has 2 atom stereocenters. The van der Waals surface area contributed by atoms with Crippen molar-refractivity contribution >= 4 is 43.4 Å². The SMILES string of the molecule is c1ccc(-c2nc(-c3ccccc3)nc(-c3cccc4c(-n5c6cccc7c6c6c8c(cccc8ccc65)C(c5ccccc5)C7c5ccccc5)cccc34)n2)cc1. The molecule has 0 aliphatic heterocycles. The molecule has 4 heteroatoms. The molecule has 9 aromatic carbocycles. The molecule has 0 saturated carbocycles. The minimum Gasteiger partial charge on any atom is -0.309 e. The molecule has 0 amide bonds. The maximum Gasteiger partial charge on any atom is 0.164 e. The predicted molar refractivity (Wildman–Crippen MR) is 242 cm³/mol. The van der Waals surface area contributed by atoms with Gasteiger partial charge in [0, 0.05) is 44.7 Å². The zero-order valence-electron chi connectivity index (χ0n) is 32.1. The van der Waals surface area contributed by atoms with Crippen LogP contribution in [-0.4, -0.2) is 19.5 Å². The highest BCUT2D eigenvalue weighted by molar-refractivity contribution is 6.24. The second-order valence-corrected chi connectivity index (χ2v) is 15.5. The molecule has 59 heavy (non-hydrogen) atoms. The summed E-state index contributed by atoms with van der Waals surface area (Å²) >= 11 is 0. The van der Waals surface area contributed by atoms with Crippen molar-refractivity contribution in [3.05, 3.63) is 229 Å². The van der Waals surface area contributed by atoms with Crippen LogP contribution in [0.4, 0.5) is 0 Å². The van der Waals surface area contributed by atoms with Crippen molar-refractivity contribution in [2.45, 2.75) is 11.8 Å². The number of hydrogen-bond acceptors (Lipinski definition) is 3. The first kappa shape index (κ1) is 33.4. The van der Waals surface area contributed by atoms with Crippen molar-refractivity contribution in [3.8, 4) is 39.9 Å². The first-order valence-electron chi connectivity index (χ1n) is 20.3. The van der Waals surface area contributed by atoms with Gasteiger partial charge in [-0.1, -0.05) is 188 Å². The fraction of sp³-hybridized carbons (Fsp3) is 0.0364. The minimum absolute atomic E-state index is 0.0972. The molecule has 0 radical (unpaired) electrons. The number of benzene rings is 9. The standard InChI is InChI=1S/C55H36N4/c1-5-17-35(18-6-1)48-43-29-13-25-37-33-34-47-52(50(37)43)51-44(49(48)36-19-7-2-8-20-36)30-16-32-46(51)59(47)45-31-15-26-40-41(45)27-14-28-42(40)55-57-53(38-21-9-3-10-22-38)56-54(58-55)39-23-11-4-12-24-39/h1-34,48-49H. The Hall–Kier alpha value is -7.69. The van der Waals surface area contributed by atoms with Crippen LogP contribution in [0.1, 0.15) is 34.1 Å². The maximum absolute atomic E-state index is 5.15. The number of aromatic nitrogens is 4. The monoisotopic (exact) mass is 752 g/mol. The lowest BCUT2D eigenvalue weighted by Gasteiger charge is -2.29. The Labute approximate surface area is 341 Å². The molecule has 11 aromatic rings. The van der Waals surface area contributed by atoms with Gasteiger partial charge >= 0.3 is 0 Å². The van der Waals surface area contributed by atoms with E-state index >= 15 is 0 Å². The average Bonchev–Trinajstić information content (AvgIpc) is 3.59. The third-order valence-corrected chi connectivity index (χ3v) is 12.3. The van der Waals surface area contributed by atoms with Crippen molar-refractivity contribution in [1.82, 2.24) is 19.5 Å². The summed E-state index contributed by atoms with van der Waals surface area (Å²) in [5, 5.41) is 7.44. The van der Waals surface area contributed by atoms with E-state index in [2.05, 4.69) is 174 Å². The first-order valence-corrected chi connectivity index (χ1v) is 20.3. The fourth-order valence-corrected chi connectivity index (χ4v) is 9.80. The molecule has 0 spiro atoms. The van der Waals surface area contributed by atoms with Crippen LogP contribution >= 0.6 is 0 Å². The maximum atomic E-state index is 5.15. The number of hydrogen-bond donors (Lipinski definition) is 0. The van der Waals surface area contributed by atoms with Gasteiger partial charge in [0.2, 0.25) is 0 Å². The summed E-state index contributed by atoms with van der Waals surface area (Å²) < 4.78 is 2.50. The van der Waals surface area contributed by atoms with Crippen molar-refractivity contribution in [1.29, 1.82) is 0 Å². The number of fused-ring (bicyclic) bond motifs is 1. The first-order chi connectivity index (χ1) is 29.3. The van der Waals surface area contributed by atoms with E-state index in [1.54, 1.807) is 0 Å². The van der Waals surface area contributed by atoms with E-state index < -0.39 is 0 Å². The molecule has 276 valence electrons. The Morgan fingerprint density at radius 3 is 1.49 bits per heavy atom. The Morgan fingerprint density at radius 2 is 0.847 bits per heavy atom. The molecule has 0 saturated heterocycles. The molecule has 2 aromatic heterocycles. The lowest BCUT2D eigenvalue weighted by molar-refractivity contribution is 0.705. The fourth-order valence-electron chi connectivity index (χ4n) is 9.80. The van der Waals surface area contributed by atoms with E-state index in [4.69, 9.17) is 15.0 Å². The van der Waals surface area contributed by atoms with E-state index in [0.717, 1.165) is 33.2 Å². The minimum atomic E-state index is 0.0972. The summed E-state index contributed by atoms with van der Waals surface area (Å²) in [5.41, 5.74) is 11.7. The van der Waals surface area contributed by atoms with Gasteiger partial charge in [-0.2, -0.15) is 0 Å². The van der Waals surface area contributed by atoms with E-state index in [1.165, 1.54) is 54.8 Å². The molecule has 0 bridgehead atoms. The van der Waals surface area contributed by atoms with Crippen molar-refractivity contribution < 1.29 is 0 Å². The van der Waals surface area contributed by atoms with Crippen molar-refractivity contribution in [2.24, 2.45) is 0 Å². The second-order valence-electron chi connectivity index (χ2n) is 15.5. The van der Waals surface area contributed by atoms with Gasteiger partial charge in [0.05, 0.1) is 16.7 Å². The summed E-state index contributed by atoms with van der Waals surface area (Å²) in [6.07, 6.45) is 0. The van der Waals surface area contributed by atoms with Crippen LogP contribution in [0.3, 0.4) is 0 Å². The van der Waals surface area contributed by atoms with Crippen LogP contribution in [0.5, 0.6) is 0 Å². The number of rotatable bonds is 6. The van der Waals surface area contributed by atoms with Crippen LogP contribution in [0, 0.1) is 0 Å². The highest BCUT2D eigenvalue weighted by atomic mass is 15.0. The highest BCUT2D eigenvalue weighted by Gasteiger charge is 2.35. The normalized spacial score (nSPS) is 14.8. The van der Waals surface area contributed by atoms with E-state index in [0.29, 0.717) is 17.5 Å². The molecule has 1 aliphatic rings. The summed E-state index contributed by atoms with van der Waals surface area (Å²) in [7, 11) is 0. The number of nitrogens with zero attached hydrogens (tertiary/aromatic N) is 4. The van der Waals surface area contributed by atoms with E-state index in [9.17, 15) is 0 Å². The molecule has 1 aliphatic carbocycles. The largest absolute Gasteiger partial charge is 0.309 e. The molecule has 0 fully saturated rings. The third kappa shape index (κ3) is 5.27. The summed E-state index contributed by atoms with van der Waals surface area (Å²) in [6.45, 7) is 0. The molecule has 12 rings (SSSR count). The van der Waals surface area contributed by atoms with Gasteiger partial charge in [-0.15, -0.1) is 0 Å². The van der Waals surface area contributed by atoms with Crippen molar-refractivity contribution in [3.63, 3.8) is 0 Å². The highest BCUT2D eigenvalue weighted by Crippen LogP contribution is 2.53. The molecule has 2 unspecified atom stereocenters. The summed E-state index contributed by atoms with van der Waals surface area (Å²) in [6, 6.07) is 74.2. The van der Waals surface area contributed by atoms with E-state index in [-0.39, 0.29) is 11.8 Å². The van der Waals surface area contributed by atoms with Crippen LogP contribution < -0.4 is 0 Å². The Bertz CT molecular complexity index is 3320. The summed E-state index contributed by atoms with van der Waals surface area (Å²) in [5.74, 6) is 2.17. The van der Waals surface area contributed by atoms with E-state index in [1.807, 2.05) is 36.4 Å². The second kappa shape index (κ2) is 13.5. The zero-order chi connectivity index (χ0) is 38.9. The molecular formula is C55H36N4. The van der Waals surface area contributed by atoms with Crippen molar-refractivity contribution in [2.75, 3.05) is 0 Å². The van der Waals surface area contributed by atoms with Gasteiger partial charge in [0.15, 0.2) is 17.5 Å². The lowest BCUT2D eigenvalue weighted by Crippen LogP contribution is -2.14. The Morgan fingerprint density at radius 1 is 0.339 bits per heavy atom. The van der Waals surface area contributed by atoms with Crippen LogP contribution in [0.2, 0.25) is 0 Å². The van der Waals surface area contributed by atoms with Crippen LogP contribution in [0.25, 0.3) is 83.2 Å². The molecular weight excluding hydrogens is 717 g/mol. The lowest BCUT2D eigenvalue weighted by atomic mass is 9.73. The third-order valence-electron chi connectivity index (χ3n) is 12.3. The zero-order valence-corrected chi connectivity index (χ0v) is 32.1. The smallest absolute Gasteiger partial charge is 0.164 e. The molecule has 0 N–H and O–H groups in total. The van der Waals surface area contributed by atoms with Crippen LogP contribution in [-0.2, 0) is 0 Å². The molecule has 2 heterocycles. The van der Waals surface area contributed by atoms with Gasteiger partial charge in [0.25, 0.3) is 0 Å². The van der Waals surface area contributed by atoms with Gasteiger partial charge in [0.1, 0.15) is 0 Å². The topological polar surface area (TPSA) is 43.6 Å². The molecule has 4 nitrogen and oxygen atoms in total. The Balaban J connectivity index is 1.14. The van der Waals surface area contributed by atoms with Gasteiger partial charge in [-0.25, -0.2) is 15.0 Å². The quantitative estimate of drug-likeness (QED) is 0.170. The average molecular weight is 753 g/mol. The Kier molecular flexibility index (Phi) is 7.63.